The normalized spacial score (nSPS) is 20.3. The van der Waals surface area contributed by atoms with Crippen LogP contribution in [0.3, 0.4) is 0 Å². The van der Waals surface area contributed by atoms with Crippen molar-refractivity contribution in [2.75, 3.05) is 18.5 Å². The average Bonchev–Trinajstić information content (AvgIpc) is 2.39. The van der Waals surface area contributed by atoms with Crippen molar-refractivity contribution >= 4 is 11.6 Å². The minimum atomic E-state index is -0.396. The van der Waals surface area contributed by atoms with E-state index in [1.807, 2.05) is 31.3 Å². The van der Waals surface area contributed by atoms with Gasteiger partial charge in [0.1, 0.15) is 0 Å². The van der Waals surface area contributed by atoms with E-state index in [2.05, 4.69) is 26.1 Å². The van der Waals surface area contributed by atoms with E-state index < -0.39 is 6.10 Å². The summed E-state index contributed by atoms with van der Waals surface area (Å²) in [5.74, 6) is 0.108. The number of hydrogen-bond donors (Lipinski definition) is 2. The van der Waals surface area contributed by atoms with Gasteiger partial charge in [-0.3, -0.25) is 4.79 Å². The number of anilines is 1. The first-order valence-electron chi connectivity index (χ1n) is 7.55. The Labute approximate surface area is 127 Å². The van der Waals surface area contributed by atoms with E-state index in [0.29, 0.717) is 13.0 Å². The number of carbonyl (C=O) groups excluding carboxylic acids is 1. The van der Waals surface area contributed by atoms with Gasteiger partial charge >= 0.3 is 0 Å². The SMILES string of the molecule is CN1C(=O)CC(NCC(O)CC(C)(C)C)c2ccccc21. The minimum Gasteiger partial charge on any atom is -0.392 e. The predicted octanol–water partition coefficient (Wildman–Crippen LogP) is 2.48. The van der Waals surface area contributed by atoms with Crippen molar-refractivity contribution in [3.8, 4) is 0 Å². The van der Waals surface area contributed by atoms with Gasteiger partial charge in [-0.15, -0.1) is 0 Å². The zero-order valence-corrected chi connectivity index (χ0v) is 13.4. The molecular formula is C17H26N2O2. The molecule has 21 heavy (non-hydrogen) atoms. The molecule has 4 nitrogen and oxygen atoms in total. The Kier molecular flexibility index (Phi) is 4.69. The van der Waals surface area contributed by atoms with Crippen LogP contribution in [0.4, 0.5) is 5.69 Å². The van der Waals surface area contributed by atoms with Crippen LogP contribution in [0.15, 0.2) is 24.3 Å². The molecule has 1 aliphatic rings. The fourth-order valence-electron chi connectivity index (χ4n) is 2.88. The van der Waals surface area contributed by atoms with Crippen molar-refractivity contribution in [2.24, 2.45) is 5.41 Å². The molecule has 4 heteroatoms. The molecule has 0 fully saturated rings. The maximum Gasteiger partial charge on any atom is 0.228 e. The number of amides is 1. The smallest absolute Gasteiger partial charge is 0.228 e. The van der Waals surface area contributed by atoms with Crippen LogP contribution in [0.2, 0.25) is 0 Å². The number of rotatable bonds is 4. The molecule has 116 valence electrons. The summed E-state index contributed by atoms with van der Waals surface area (Å²) in [4.78, 5) is 13.8. The topological polar surface area (TPSA) is 52.6 Å². The number of carbonyl (C=O) groups is 1. The van der Waals surface area contributed by atoms with Crippen molar-refractivity contribution in [2.45, 2.75) is 45.8 Å². The first-order chi connectivity index (χ1) is 9.78. The monoisotopic (exact) mass is 290 g/mol. The summed E-state index contributed by atoms with van der Waals surface area (Å²) in [5.41, 5.74) is 2.18. The number of hydrogen-bond acceptors (Lipinski definition) is 3. The Morgan fingerprint density at radius 1 is 1.38 bits per heavy atom. The van der Waals surface area contributed by atoms with E-state index >= 15 is 0 Å². The van der Waals surface area contributed by atoms with Crippen LogP contribution in [0.1, 0.15) is 45.2 Å². The third-order valence-corrected chi connectivity index (χ3v) is 3.87. The van der Waals surface area contributed by atoms with Crippen LogP contribution in [-0.2, 0) is 4.79 Å². The molecule has 0 saturated carbocycles. The quantitative estimate of drug-likeness (QED) is 0.895. The molecule has 0 aromatic heterocycles. The molecule has 1 aromatic carbocycles. The van der Waals surface area contributed by atoms with Crippen molar-refractivity contribution in [3.63, 3.8) is 0 Å². The number of nitrogens with zero attached hydrogens (tertiary/aromatic N) is 1. The molecular weight excluding hydrogens is 264 g/mol. The van der Waals surface area contributed by atoms with E-state index in [9.17, 15) is 9.90 Å². The van der Waals surface area contributed by atoms with Gasteiger partial charge in [0.15, 0.2) is 0 Å². The lowest BCUT2D eigenvalue weighted by Gasteiger charge is -2.33. The Hall–Kier alpha value is -1.39. The number of aliphatic hydroxyl groups excluding tert-OH is 1. The first kappa shape index (κ1) is 16.0. The standard InChI is InChI=1S/C17H26N2O2/c1-17(2,3)10-12(20)11-18-14-9-16(21)19(4)15-8-6-5-7-13(14)15/h5-8,12,14,18,20H,9-11H2,1-4H3. The molecule has 1 heterocycles. The van der Waals surface area contributed by atoms with Crippen LogP contribution < -0.4 is 10.2 Å². The van der Waals surface area contributed by atoms with Crippen LogP contribution in [0, 0.1) is 5.41 Å². The summed E-state index contributed by atoms with van der Waals surface area (Å²) in [7, 11) is 1.81. The highest BCUT2D eigenvalue weighted by atomic mass is 16.3. The van der Waals surface area contributed by atoms with E-state index in [1.54, 1.807) is 4.90 Å². The fraction of sp³-hybridized carbons (Fsp3) is 0.588. The fourth-order valence-corrected chi connectivity index (χ4v) is 2.88. The number of nitrogens with one attached hydrogen (secondary N) is 1. The second-order valence-electron chi connectivity index (χ2n) is 7.10. The maximum atomic E-state index is 12.1. The van der Waals surface area contributed by atoms with Crippen molar-refractivity contribution in [1.29, 1.82) is 0 Å². The maximum absolute atomic E-state index is 12.1. The average molecular weight is 290 g/mol. The third kappa shape index (κ3) is 4.05. The lowest BCUT2D eigenvalue weighted by atomic mass is 9.89. The summed E-state index contributed by atoms with van der Waals surface area (Å²) in [5, 5.41) is 13.5. The van der Waals surface area contributed by atoms with E-state index in [4.69, 9.17) is 0 Å². The van der Waals surface area contributed by atoms with Crippen molar-refractivity contribution in [1.82, 2.24) is 5.32 Å². The number of fused-ring (bicyclic) bond motifs is 1. The Balaban J connectivity index is 2.04. The molecule has 0 bridgehead atoms. The van der Waals surface area contributed by atoms with Gasteiger partial charge in [-0.1, -0.05) is 39.0 Å². The molecule has 2 rings (SSSR count). The summed E-state index contributed by atoms with van der Waals surface area (Å²) < 4.78 is 0. The molecule has 0 radical (unpaired) electrons. The molecule has 0 spiro atoms. The lowest BCUT2D eigenvalue weighted by Crippen LogP contribution is -2.40. The van der Waals surface area contributed by atoms with E-state index in [-0.39, 0.29) is 17.4 Å². The van der Waals surface area contributed by atoms with Gasteiger partial charge in [-0.25, -0.2) is 0 Å². The molecule has 2 N–H and O–H groups in total. The van der Waals surface area contributed by atoms with Gasteiger partial charge in [0.2, 0.25) is 5.91 Å². The number of para-hydroxylation sites is 1. The second kappa shape index (κ2) is 6.16. The molecule has 1 amide bonds. The van der Waals surface area contributed by atoms with Crippen molar-refractivity contribution < 1.29 is 9.90 Å². The minimum absolute atomic E-state index is 0.0143. The summed E-state index contributed by atoms with van der Waals surface area (Å²) in [6.07, 6.45) is 0.782. The third-order valence-electron chi connectivity index (χ3n) is 3.87. The Bertz CT molecular complexity index is 508. The van der Waals surface area contributed by atoms with Crippen LogP contribution >= 0.6 is 0 Å². The molecule has 2 atom stereocenters. The van der Waals surface area contributed by atoms with Gasteiger partial charge in [0, 0.05) is 31.7 Å². The van der Waals surface area contributed by atoms with Gasteiger partial charge in [0.05, 0.1) is 6.10 Å². The number of benzene rings is 1. The first-order valence-corrected chi connectivity index (χ1v) is 7.55. The van der Waals surface area contributed by atoms with Crippen LogP contribution in [0.5, 0.6) is 0 Å². The highest BCUT2D eigenvalue weighted by Crippen LogP contribution is 2.33. The molecule has 2 unspecified atom stereocenters. The van der Waals surface area contributed by atoms with Gasteiger partial charge in [-0.2, -0.15) is 0 Å². The van der Waals surface area contributed by atoms with Crippen LogP contribution in [0.25, 0.3) is 0 Å². The molecule has 1 aliphatic heterocycles. The summed E-state index contributed by atoms with van der Waals surface area (Å²) >= 11 is 0. The van der Waals surface area contributed by atoms with Crippen LogP contribution in [-0.4, -0.2) is 30.7 Å². The molecule has 1 aromatic rings. The zero-order chi connectivity index (χ0) is 15.6. The van der Waals surface area contributed by atoms with Gasteiger partial charge < -0.3 is 15.3 Å². The van der Waals surface area contributed by atoms with E-state index in [1.165, 1.54) is 0 Å². The summed E-state index contributed by atoms with van der Waals surface area (Å²) in [6.45, 7) is 6.85. The largest absolute Gasteiger partial charge is 0.392 e. The van der Waals surface area contributed by atoms with Gasteiger partial charge in [0.25, 0.3) is 0 Å². The Morgan fingerprint density at radius 3 is 2.71 bits per heavy atom. The summed E-state index contributed by atoms with van der Waals surface area (Å²) in [6, 6.07) is 7.93. The highest BCUT2D eigenvalue weighted by Gasteiger charge is 2.29. The van der Waals surface area contributed by atoms with Gasteiger partial charge in [-0.05, 0) is 23.5 Å². The Morgan fingerprint density at radius 2 is 2.05 bits per heavy atom. The van der Waals surface area contributed by atoms with E-state index in [0.717, 1.165) is 17.7 Å². The molecule has 0 aliphatic carbocycles. The predicted molar refractivity (Wildman–Crippen MR) is 85.3 cm³/mol. The van der Waals surface area contributed by atoms with Crippen molar-refractivity contribution in [3.05, 3.63) is 29.8 Å². The zero-order valence-electron chi connectivity index (χ0n) is 13.4. The number of aliphatic hydroxyl groups is 1. The second-order valence-corrected chi connectivity index (χ2v) is 7.10. The highest BCUT2D eigenvalue weighted by molar-refractivity contribution is 5.96. The molecule has 0 saturated heterocycles. The lowest BCUT2D eigenvalue weighted by molar-refractivity contribution is -0.119.